The van der Waals surface area contributed by atoms with Gasteiger partial charge in [-0.15, -0.1) is 0 Å². The second kappa shape index (κ2) is 9.99. The number of nitrogens with two attached hydrogens (primary N) is 1. The first kappa shape index (κ1) is 22.1. The first-order valence-electron chi connectivity index (χ1n) is 11.4. The van der Waals surface area contributed by atoms with Gasteiger partial charge in [0, 0.05) is 56.8 Å². The number of pyridine rings is 1. The van der Waals surface area contributed by atoms with E-state index in [4.69, 9.17) is 5.73 Å². The smallest absolute Gasteiger partial charge is 0.252 e. The molecule has 2 aliphatic rings. The minimum atomic E-state index is -0.477. The Morgan fingerprint density at radius 2 is 1.62 bits per heavy atom. The number of primary amides is 1. The summed E-state index contributed by atoms with van der Waals surface area (Å²) in [6.07, 6.45) is 5.46. The van der Waals surface area contributed by atoms with Crippen molar-refractivity contribution in [2.24, 2.45) is 5.73 Å². The molecule has 32 heavy (non-hydrogen) atoms. The molecule has 0 radical (unpaired) electrons. The Labute approximate surface area is 189 Å². The van der Waals surface area contributed by atoms with Gasteiger partial charge in [-0.05, 0) is 62.6 Å². The second-order valence-corrected chi connectivity index (χ2v) is 8.52. The number of hydrogen-bond acceptors (Lipinski definition) is 6. The Kier molecular flexibility index (Phi) is 6.90. The van der Waals surface area contributed by atoms with Gasteiger partial charge in [-0.3, -0.25) is 14.5 Å². The average Bonchev–Trinajstić information content (AvgIpc) is 2.84. The van der Waals surface area contributed by atoms with E-state index in [1.165, 1.54) is 24.9 Å². The molecule has 2 aliphatic heterocycles. The van der Waals surface area contributed by atoms with Crippen molar-refractivity contribution in [1.29, 1.82) is 0 Å². The van der Waals surface area contributed by atoms with Crippen LogP contribution in [0.15, 0.2) is 42.6 Å². The van der Waals surface area contributed by atoms with Crippen molar-refractivity contribution in [1.82, 2.24) is 9.88 Å². The van der Waals surface area contributed by atoms with Gasteiger partial charge in [0.05, 0.1) is 11.6 Å². The van der Waals surface area contributed by atoms with Crippen LogP contribution in [0.1, 0.15) is 36.5 Å². The van der Waals surface area contributed by atoms with Gasteiger partial charge in [0.2, 0.25) is 5.91 Å². The standard InChI is InChI=1S/C24H32N6O2/c1-18(24(32)27-19-7-9-20(10-8-19)29-12-3-2-4-13-29)28-14-16-30(17-15-28)23-21(22(25)31)6-5-11-26-23/h5-11,18H,2-4,12-17H2,1H3,(H2,25,31)(H,27,32). The zero-order valence-electron chi connectivity index (χ0n) is 18.7. The van der Waals surface area contributed by atoms with Crippen LogP contribution in [-0.2, 0) is 4.79 Å². The normalized spacial score (nSPS) is 18.3. The summed E-state index contributed by atoms with van der Waals surface area (Å²) in [4.78, 5) is 35.5. The van der Waals surface area contributed by atoms with Crippen LogP contribution in [0.25, 0.3) is 0 Å². The van der Waals surface area contributed by atoms with Gasteiger partial charge in [0.15, 0.2) is 0 Å². The van der Waals surface area contributed by atoms with E-state index >= 15 is 0 Å². The number of piperidine rings is 1. The van der Waals surface area contributed by atoms with E-state index in [1.807, 2.05) is 19.1 Å². The zero-order chi connectivity index (χ0) is 22.5. The van der Waals surface area contributed by atoms with Gasteiger partial charge < -0.3 is 20.9 Å². The molecule has 2 aromatic rings. The molecule has 3 heterocycles. The first-order valence-corrected chi connectivity index (χ1v) is 11.4. The second-order valence-electron chi connectivity index (χ2n) is 8.52. The van der Waals surface area contributed by atoms with E-state index in [0.717, 1.165) is 18.8 Å². The molecule has 4 rings (SSSR count). The van der Waals surface area contributed by atoms with Gasteiger partial charge in [-0.25, -0.2) is 4.98 Å². The molecule has 0 saturated carbocycles. The lowest BCUT2D eigenvalue weighted by atomic mass is 10.1. The summed E-state index contributed by atoms with van der Waals surface area (Å²) in [5.74, 6) is 0.125. The number of benzene rings is 1. The number of anilines is 3. The van der Waals surface area contributed by atoms with Crippen molar-refractivity contribution in [3.63, 3.8) is 0 Å². The van der Waals surface area contributed by atoms with Crippen molar-refractivity contribution in [3.8, 4) is 0 Å². The van der Waals surface area contributed by atoms with E-state index in [-0.39, 0.29) is 11.9 Å². The molecule has 1 atom stereocenters. The van der Waals surface area contributed by atoms with Crippen molar-refractivity contribution >= 4 is 29.0 Å². The highest BCUT2D eigenvalue weighted by molar-refractivity contribution is 5.97. The maximum Gasteiger partial charge on any atom is 0.252 e. The molecule has 1 aromatic heterocycles. The molecule has 2 amide bonds. The molecular weight excluding hydrogens is 404 g/mol. The van der Waals surface area contributed by atoms with Crippen molar-refractivity contribution in [2.45, 2.75) is 32.2 Å². The fourth-order valence-electron chi connectivity index (χ4n) is 4.48. The minimum Gasteiger partial charge on any atom is -0.372 e. The van der Waals surface area contributed by atoms with Crippen molar-refractivity contribution in [2.75, 3.05) is 54.4 Å². The SMILES string of the molecule is CC(C(=O)Nc1ccc(N2CCCCC2)cc1)N1CCN(c2ncccc2C(N)=O)CC1. The number of nitrogens with one attached hydrogen (secondary N) is 1. The molecular formula is C24H32N6O2. The highest BCUT2D eigenvalue weighted by atomic mass is 16.2. The zero-order valence-corrected chi connectivity index (χ0v) is 18.7. The lowest BCUT2D eigenvalue weighted by molar-refractivity contribution is -0.120. The predicted molar refractivity (Wildman–Crippen MR) is 127 cm³/mol. The molecule has 170 valence electrons. The molecule has 8 nitrogen and oxygen atoms in total. The number of nitrogens with zero attached hydrogens (tertiary/aromatic N) is 4. The molecule has 0 spiro atoms. The fraction of sp³-hybridized carbons (Fsp3) is 0.458. The summed E-state index contributed by atoms with van der Waals surface area (Å²) in [6, 6.07) is 11.3. The van der Waals surface area contributed by atoms with Crippen molar-refractivity contribution < 1.29 is 9.59 Å². The number of rotatable bonds is 6. The summed E-state index contributed by atoms with van der Waals surface area (Å²) in [6.45, 7) is 6.92. The van der Waals surface area contributed by atoms with Crippen LogP contribution in [0.2, 0.25) is 0 Å². The summed E-state index contributed by atoms with van der Waals surface area (Å²) in [7, 11) is 0. The Bertz CT molecular complexity index is 934. The van der Waals surface area contributed by atoms with E-state index in [1.54, 1.807) is 18.3 Å². The highest BCUT2D eigenvalue weighted by Gasteiger charge is 2.27. The summed E-state index contributed by atoms with van der Waals surface area (Å²) in [5, 5.41) is 3.05. The minimum absolute atomic E-state index is 0.0140. The summed E-state index contributed by atoms with van der Waals surface area (Å²) in [5.41, 5.74) is 7.96. The maximum absolute atomic E-state index is 12.8. The summed E-state index contributed by atoms with van der Waals surface area (Å²) >= 11 is 0. The largest absolute Gasteiger partial charge is 0.372 e. The molecule has 3 N–H and O–H groups in total. The van der Waals surface area contributed by atoms with Crippen LogP contribution in [0.5, 0.6) is 0 Å². The fourth-order valence-corrected chi connectivity index (χ4v) is 4.48. The Balaban J connectivity index is 1.31. The van der Waals surface area contributed by atoms with Crippen LogP contribution < -0.4 is 20.9 Å². The van der Waals surface area contributed by atoms with E-state index < -0.39 is 5.91 Å². The Morgan fingerprint density at radius 3 is 2.28 bits per heavy atom. The number of aromatic nitrogens is 1. The van der Waals surface area contributed by atoms with Crippen LogP contribution in [-0.4, -0.2) is 67.0 Å². The monoisotopic (exact) mass is 436 g/mol. The molecule has 8 heteroatoms. The van der Waals surface area contributed by atoms with E-state index in [9.17, 15) is 9.59 Å². The molecule has 0 aliphatic carbocycles. The molecule has 1 aromatic carbocycles. The highest BCUT2D eigenvalue weighted by Crippen LogP contribution is 2.23. The van der Waals surface area contributed by atoms with Gasteiger partial charge in [-0.2, -0.15) is 0 Å². The van der Waals surface area contributed by atoms with E-state index in [0.29, 0.717) is 37.6 Å². The van der Waals surface area contributed by atoms with Gasteiger partial charge >= 0.3 is 0 Å². The van der Waals surface area contributed by atoms with Crippen LogP contribution in [0.4, 0.5) is 17.2 Å². The number of piperazine rings is 1. The number of carbonyl (C=O) groups excluding carboxylic acids is 2. The molecule has 1 unspecified atom stereocenters. The lowest BCUT2D eigenvalue weighted by Crippen LogP contribution is -2.53. The number of carbonyl (C=O) groups is 2. The summed E-state index contributed by atoms with van der Waals surface area (Å²) < 4.78 is 0. The van der Waals surface area contributed by atoms with Crippen LogP contribution in [0.3, 0.4) is 0 Å². The molecule has 0 bridgehead atoms. The van der Waals surface area contributed by atoms with E-state index in [2.05, 4.69) is 37.1 Å². The third-order valence-corrected chi connectivity index (χ3v) is 6.45. The predicted octanol–water partition coefficient (Wildman–Crippen LogP) is 2.32. The lowest BCUT2D eigenvalue weighted by Gasteiger charge is -2.38. The number of hydrogen-bond donors (Lipinski definition) is 2. The van der Waals surface area contributed by atoms with Gasteiger partial charge in [0.1, 0.15) is 5.82 Å². The van der Waals surface area contributed by atoms with Crippen molar-refractivity contribution in [3.05, 3.63) is 48.2 Å². The first-order chi connectivity index (χ1) is 15.5. The third-order valence-electron chi connectivity index (χ3n) is 6.45. The third kappa shape index (κ3) is 5.02. The maximum atomic E-state index is 12.8. The Hall–Kier alpha value is -3.13. The van der Waals surface area contributed by atoms with Crippen LogP contribution >= 0.6 is 0 Å². The molecule has 2 fully saturated rings. The topological polar surface area (TPSA) is 94.8 Å². The van der Waals surface area contributed by atoms with Gasteiger partial charge in [0.25, 0.3) is 5.91 Å². The number of amides is 2. The van der Waals surface area contributed by atoms with Crippen LogP contribution in [0, 0.1) is 0 Å². The average molecular weight is 437 g/mol. The Morgan fingerprint density at radius 1 is 0.938 bits per heavy atom. The van der Waals surface area contributed by atoms with Gasteiger partial charge in [-0.1, -0.05) is 0 Å². The quantitative estimate of drug-likeness (QED) is 0.722. The molecule has 2 saturated heterocycles.